The molecule has 120 valence electrons. The number of amides is 2. The SMILES string of the molecule is Cc1oncc1C(=O)N1CCC2(CC1)C(=O)N(C)CCN2C. The van der Waals surface area contributed by atoms with E-state index >= 15 is 0 Å². The van der Waals surface area contributed by atoms with Crippen LogP contribution in [0, 0.1) is 6.92 Å². The van der Waals surface area contributed by atoms with Crippen LogP contribution in [0.15, 0.2) is 10.7 Å². The zero-order valence-corrected chi connectivity index (χ0v) is 13.3. The number of aromatic nitrogens is 1. The maximum absolute atomic E-state index is 12.6. The average molecular weight is 306 g/mol. The average Bonchev–Trinajstić information content (AvgIpc) is 2.95. The lowest BCUT2D eigenvalue weighted by molar-refractivity contribution is -0.151. The second-order valence-electron chi connectivity index (χ2n) is 6.27. The van der Waals surface area contributed by atoms with E-state index in [4.69, 9.17) is 4.52 Å². The van der Waals surface area contributed by atoms with E-state index in [2.05, 4.69) is 10.1 Å². The van der Waals surface area contributed by atoms with E-state index in [1.165, 1.54) is 6.20 Å². The highest BCUT2D eigenvalue weighted by atomic mass is 16.5. The predicted molar refractivity (Wildman–Crippen MR) is 79.4 cm³/mol. The summed E-state index contributed by atoms with van der Waals surface area (Å²) >= 11 is 0. The van der Waals surface area contributed by atoms with Gasteiger partial charge >= 0.3 is 0 Å². The number of carbonyl (C=O) groups is 2. The van der Waals surface area contributed by atoms with Crippen molar-refractivity contribution >= 4 is 11.8 Å². The first-order chi connectivity index (χ1) is 10.5. The third kappa shape index (κ3) is 2.20. The minimum atomic E-state index is -0.451. The number of piperazine rings is 1. The number of nitrogens with zero attached hydrogens (tertiary/aromatic N) is 4. The Kier molecular flexibility index (Phi) is 3.68. The topological polar surface area (TPSA) is 69.9 Å². The Morgan fingerprint density at radius 2 is 1.91 bits per heavy atom. The fourth-order valence-corrected chi connectivity index (χ4v) is 3.48. The molecule has 0 saturated carbocycles. The number of aryl methyl sites for hydroxylation is 1. The molecule has 0 aromatic carbocycles. The molecule has 0 unspecified atom stereocenters. The van der Waals surface area contributed by atoms with Gasteiger partial charge in [0.2, 0.25) is 5.91 Å². The first-order valence-corrected chi connectivity index (χ1v) is 7.63. The summed E-state index contributed by atoms with van der Waals surface area (Å²) in [6.07, 6.45) is 2.80. The molecule has 0 N–H and O–H groups in total. The van der Waals surface area contributed by atoms with Gasteiger partial charge in [-0.1, -0.05) is 5.16 Å². The lowest BCUT2D eigenvalue weighted by atomic mass is 9.83. The summed E-state index contributed by atoms with van der Waals surface area (Å²) in [5.74, 6) is 0.651. The molecule has 1 aromatic heterocycles. The maximum atomic E-state index is 12.6. The Balaban J connectivity index is 1.73. The van der Waals surface area contributed by atoms with Crippen LogP contribution in [-0.2, 0) is 4.79 Å². The summed E-state index contributed by atoms with van der Waals surface area (Å²) in [7, 11) is 3.86. The number of likely N-dealkylation sites (N-methyl/N-ethyl adjacent to an activating group) is 2. The van der Waals surface area contributed by atoms with Crippen molar-refractivity contribution in [2.75, 3.05) is 40.3 Å². The Hall–Kier alpha value is -1.89. The van der Waals surface area contributed by atoms with Crippen LogP contribution in [0.1, 0.15) is 29.0 Å². The Morgan fingerprint density at radius 1 is 1.23 bits per heavy atom. The fraction of sp³-hybridized carbons (Fsp3) is 0.667. The van der Waals surface area contributed by atoms with Crippen LogP contribution >= 0.6 is 0 Å². The second-order valence-corrected chi connectivity index (χ2v) is 6.27. The van der Waals surface area contributed by atoms with Gasteiger partial charge in [-0.2, -0.15) is 0 Å². The van der Waals surface area contributed by atoms with E-state index in [1.54, 1.807) is 11.8 Å². The summed E-state index contributed by atoms with van der Waals surface area (Å²) in [5.41, 5.74) is 0.0596. The van der Waals surface area contributed by atoms with Gasteiger partial charge in [-0.15, -0.1) is 0 Å². The number of piperidine rings is 1. The van der Waals surface area contributed by atoms with Crippen LogP contribution in [-0.4, -0.2) is 77.5 Å². The van der Waals surface area contributed by atoms with E-state index < -0.39 is 5.54 Å². The van der Waals surface area contributed by atoms with E-state index in [1.807, 2.05) is 19.0 Å². The number of carbonyl (C=O) groups excluding carboxylic acids is 2. The summed E-state index contributed by atoms with van der Waals surface area (Å²) < 4.78 is 4.97. The molecule has 2 amide bonds. The molecular weight excluding hydrogens is 284 g/mol. The van der Waals surface area contributed by atoms with Gasteiger partial charge in [0.1, 0.15) is 16.9 Å². The van der Waals surface area contributed by atoms with Crippen molar-refractivity contribution < 1.29 is 14.1 Å². The van der Waals surface area contributed by atoms with Crippen molar-refractivity contribution in [1.29, 1.82) is 0 Å². The van der Waals surface area contributed by atoms with Crippen molar-refractivity contribution in [2.24, 2.45) is 0 Å². The minimum Gasteiger partial charge on any atom is -0.361 e. The number of hydrogen-bond acceptors (Lipinski definition) is 5. The van der Waals surface area contributed by atoms with Gasteiger partial charge < -0.3 is 14.3 Å². The van der Waals surface area contributed by atoms with Crippen LogP contribution in [0.3, 0.4) is 0 Å². The molecule has 3 heterocycles. The summed E-state index contributed by atoms with van der Waals surface area (Å²) in [6.45, 7) is 4.53. The highest BCUT2D eigenvalue weighted by Gasteiger charge is 2.49. The zero-order chi connectivity index (χ0) is 15.9. The highest BCUT2D eigenvalue weighted by Crippen LogP contribution is 2.32. The lowest BCUT2D eigenvalue weighted by Gasteiger charge is -2.50. The molecule has 2 aliphatic heterocycles. The van der Waals surface area contributed by atoms with Crippen LogP contribution < -0.4 is 0 Å². The quantitative estimate of drug-likeness (QED) is 0.749. The number of likely N-dealkylation sites (tertiary alicyclic amines) is 1. The number of rotatable bonds is 1. The number of hydrogen-bond donors (Lipinski definition) is 0. The Labute approximate surface area is 129 Å². The normalized spacial score (nSPS) is 22.4. The highest BCUT2D eigenvalue weighted by molar-refractivity contribution is 5.95. The Bertz CT molecular complexity index is 589. The van der Waals surface area contributed by atoms with Crippen molar-refractivity contribution in [2.45, 2.75) is 25.3 Å². The van der Waals surface area contributed by atoms with Crippen molar-refractivity contribution in [3.8, 4) is 0 Å². The molecule has 0 bridgehead atoms. The smallest absolute Gasteiger partial charge is 0.259 e. The van der Waals surface area contributed by atoms with E-state index in [9.17, 15) is 9.59 Å². The molecule has 0 atom stereocenters. The van der Waals surface area contributed by atoms with Gasteiger partial charge in [-0.25, -0.2) is 0 Å². The van der Waals surface area contributed by atoms with Crippen molar-refractivity contribution in [3.63, 3.8) is 0 Å². The van der Waals surface area contributed by atoms with Gasteiger partial charge in [0.15, 0.2) is 0 Å². The minimum absolute atomic E-state index is 0.0622. The molecule has 7 nitrogen and oxygen atoms in total. The second kappa shape index (κ2) is 5.39. The van der Waals surface area contributed by atoms with Crippen molar-refractivity contribution in [1.82, 2.24) is 19.9 Å². The van der Waals surface area contributed by atoms with Crippen LogP contribution in [0.4, 0.5) is 0 Å². The first-order valence-electron chi connectivity index (χ1n) is 7.63. The molecule has 2 saturated heterocycles. The third-order valence-electron chi connectivity index (χ3n) is 5.11. The zero-order valence-electron chi connectivity index (χ0n) is 13.3. The predicted octanol–water partition coefficient (Wildman–Crippen LogP) is 0.362. The molecule has 1 aromatic rings. The van der Waals surface area contributed by atoms with Gasteiger partial charge in [0.05, 0.1) is 6.20 Å². The molecule has 3 rings (SSSR count). The van der Waals surface area contributed by atoms with Gasteiger partial charge in [-0.3, -0.25) is 14.5 Å². The third-order valence-corrected chi connectivity index (χ3v) is 5.11. The van der Waals surface area contributed by atoms with Crippen LogP contribution in [0.2, 0.25) is 0 Å². The van der Waals surface area contributed by atoms with Crippen LogP contribution in [0.25, 0.3) is 0 Å². The molecule has 2 fully saturated rings. The molecule has 22 heavy (non-hydrogen) atoms. The van der Waals surface area contributed by atoms with Gasteiger partial charge in [0, 0.05) is 33.2 Å². The maximum Gasteiger partial charge on any atom is 0.259 e. The van der Waals surface area contributed by atoms with E-state index in [-0.39, 0.29) is 11.8 Å². The molecular formula is C15H22N4O3. The largest absolute Gasteiger partial charge is 0.361 e. The van der Waals surface area contributed by atoms with Gasteiger partial charge in [0.25, 0.3) is 5.91 Å². The Morgan fingerprint density at radius 3 is 2.50 bits per heavy atom. The summed E-state index contributed by atoms with van der Waals surface area (Å²) in [5, 5.41) is 3.66. The summed E-state index contributed by atoms with van der Waals surface area (Å²) in [4.78, 5) is 30.9. The van der Waals surface area contributed by atoms with Gasteiger partial charge in [-0.05, 0) is 26.8 Å². The monoisotopic (exact) mass is 306 g/mol. The van der Waals surface area contributed by atoms with E-state index in [0.29, 0.717) is 37.3 Å². The fourth-order valence-electron chi connectivity index (χ4n) is 3.48. The molecule has 7 heteroatoms. The molecule has 2 aliphatic rings. The molecule has 0 radical (unpaired) electrons. The van der Waals surface area contributed by atoms with Crippen LogP contribution in [0.5, 0.6) is 0 Å². The molecule has 1 spiro atoms. The summed E-state index contributed by atoms with van der Waals surface area (Å²) in [6, 6.07) is 0. The van der Waals surface area contributed by atoms with Crippen molar-refractivity contribution in [3.05, 3.63) is 17.5 Å². The molecule has 0 aliphatic carbocycles. The van der Waals surface area contributed by atoms with E-state index in [0.717, 1.165) is 13.1 Å². The standard InChI is InChI=1S/C15H22N4O3/c1-11-12(10-16-22-11)13(20)19-6-4-15(5-7-19)14(21)17(2)8-9-18(15)3/h10H,4-9H2,1-3H3. The first kappa shape index (κ1) is 15.0. The lowest BCUT2D eigenvalue weighted by Crippen LogP contribution is -2.67.